The number of hydrogen-bond acceptors (Lipinski definition) is 6. The van der Waals surface area contributed by atoms with Crippen LogP contribution in [0.15, 0.2) is 71.6 Å². The van der Waals surface area contributed by atoms with Crippen LogP contribution in [0, 0.1) is 11.6 Å². The van der Waals surface area contributed by atoms with E-state index in [1.165, 1.54) is 55.6 Å². The predicted molar refractivity (Wildman–Crippen MR) is 116 cm³/mol. The highest BCUT2D eigenvalue weighted by atomic mass is 32.2. The third kappa shape index (κ3) is 6.04. The number of ether oxygens (including phenoxy) is 2. The molecule has 2 N–H and O–H groups in total. The summed E-state index contributed by atoms with van der Waals surface area (Å²) in [4.78, 5) is 24.4. The van der Waals surface area contributed by atoms with Gasteiger partial charge in [-0.1, -0.05) is 12.1 Å². The molecule has 11 heteroatoms. The molecule has 0 saturated heterocycles. The van der Waals surface area contributed by atoms with Crippen molar-refractivity contribution in [3.8, 4) is 5.75 Å². The molecule has 3 aromatic rings. The Morgan fingerprint density at radius 3 is 2.33 bits per heavy atom. The lowest BCUT2D eigenvalue weighted by Crippen LogP contribution is -2.22. The number of nitrogens with one attached hydrogen (secondary N) is 2. The van der Waals surface area contributed by atoms with Crippen LogP contribution >= 0.6 is 0 Å². The Morgan fingerprint density at radius 1 is 0.939 bits per heavy atom. The maximum absolute atomic E-state index is 13.6. The van der Waals surface area contributed by atoms with Crippen molar-refractivity contribution in [1.29, 1.82) is 0 Å². The first-order valence-electron chi connectivity index (χ1n) is 9.37. The summed E-state index contributed by atoms with van der Waals surface area (Å²) in [7, 11) is -2.60. The number of carbonyl (C=O) groups excluding carboxylic acids is 2. The maximum Gasteiger partial charge on any atom is 0.340 e. The van der Waals surface area contributed by atoms with E-state index in [0.717, 1.165) is 18.2 Å². The summed E-state index contributed by atoms with van der Waals surface area (Å²) >= 11 is 0. The van der Waals surface area contributed by atoms with E-state index in [9.17, 15) is 26.8 Å². The molecule has 3 aromatic carbocycles. The highest BCUT2D eigenvalue weighted by Crippen LogP contribution is 2.22. The van der Waals surface area contributed by atoms with Gasteiger partial charge in [-0.2, -0.15) is 0 Å². The molecule has 0 spiro atoms. The van der Waals surface area contributed by atoms with Crippen LogP contribution in [0.4, 0.5) is 20.2 Å². The van der Waals surface area contributed by atoms with Gasteiger partial charge in [-0.05, 0) is 48.5 Å². The van der Waals surface area contributed by atoms with E-state index in [1.54, 1.807) is 0 Å². The lowest BCUT2D eigenvalue weighted by molar-refractivity contribution is -0.119. The Bertz CT molecular complexity index is 1280. The fraction of sp³-hybridized carbons (Fsp3) is 0.0909. The van der Waals surface area contributed by atoms with E-state index < -0.39 is 45.8 Å². The number of halogens is 2. The topological polar surface area (TPSA) is 111 Å². The average molecular weight is 476 g/mol. The highest BCUT2D eigenvalue weighted by Gasteiger charge is 2.20. The van der Waals surface area contributed by atoms with Gasteiger partial charge in [-0.15, -0.1) is 0 Å². The summed E-state index contributed by atoms with van der Waals surface area (Å²) in [5.74, 6) is -3.08. The van der Waals surface area contributed by atoms with E-state index in [0.29, 0.717) is 5.75 Å². The van der Waals surface area contributed by atoms with Crippen molar-refractivity contribution >= 4 is 33.3 Å². The molecule has 0 aromatic heterocycles. The lowest BCUT2D eigenvalue weighted by Gasteiger charge is -2.13. The molecular formula is C22H18F2N2O6S. The minimum atomic E-state index is -4.04. The zero-order chi connectivity index (χ0) is 24.0. The summed E-state index contributed by atoms with van der Waals surface area (Å²) in [6.45, 7) is -0.811. The SMILES string of the molecule is COc1ccc(S(=O)(=O)Nc2ccccc2C(=O)OCC(=O)Nc2cc(F)ccc2F)cc1. The molecule has 0 saturated carbocycles. The first-order valence-corrected chi connectivity index (χ1v) is 10.9. The van der Waals surface area contributed by atoms with Gasteiger partial charge in [0.05, 0.1) is 28.9 Å². The van der Waals surface area contributed by atoms with E-state index in [2.05, 4.69) is 10.0 Å². The number of methoxy groups -OCH3 is 1. The number of rotatable bonds is 8. The summed E-state index contributed by atoms with van der Waals surface area (Å²) in [5, 5.41) is 2.09. The minimum absolute atomic E-state index is 0.0667. The number of esters is 1. The standard InChI is InChI=1S/C22H18F2N2O6S/c1-31-15-7-9-16(10-8-15)33(29,30)26-19-5-3-2-4-17(19)22(28)32-13-21(27)25-20-12-14(23)6-11-18(20)24/h2-12,26H,13H2,1H3,(H,25,27). The molecule has 0 aliphatic carbocycles. The monoisotopic (exact) mass is 476 g/mol. The number of hydrogen-bond donors (Lipinski definition) is 2. The van der Waals surface area contributed by atoms with Crippen molar-refractivity contribution in [3.63, 3.8) is 0 Å². The van der Waals surface area contributed by atoms with Crippen LogP contribution in [0.1, 0.15) is 10.4 Å². The van der Waals surface area contributed by atoms with Crippen molar-refractivity contribution in [2.75, 3.05) is 23.8 Å². The first-order chi connectivity index (χ1) is 15.7. The van der Waals surface area contributed by atoms with Crippen LogP contribution in [-0.2, 0) is 19.6 Å². The molecule has 172 valence electrons. The fourth-order valence-corrected chi connectivity index (χ4v) is 3.78. The molecule has 0 bridgehead atoms. The van der Waals surface area contributed by atoms with Crippen LogP contribution in [0.3, 0.4) is 0 Å². The van der Waals surface area contributed by atoms with Gasteiger partial charge in [0.25, 0.3) is 15.9 Å². The molecule has 3 rings (SSSR count). The van der Waals surface area contributed by atoms with Gasteiger partial charge < -0.3 is 14.8 Å². The maximum atomic E-state index is 13.6. The Balaban J connectivity index is 1.69. The van der Waals surface area contributed by atoms with Crippen molar-refractivity contribution in [2.24, 2.45) is 0 Å². The summed E-state index contributed by atoms with van der Waals surface area (Å²) in [6, 6.07) is 13.7. The van der Waals surface area contributed by atoms with Gasteiger partial charge in [-0.25, -0.2) is 22.0 Å². The first kappa shape index (κ1) is 23.7. The molecule has 0 aliphatic rings. The van der Waals surface area contributed by atoms with E-state index >= 15 is 0 Å². The number of carbonyl (C=O) groups is 2. The zero-order valence-corrected chi connectivity index (χ0v) is 18.0. The Hall–Kier alpha value is -3.99. The smallest absolute Gasteiger partial charge is 0.340 e. The summed E-state index contributed by atoms with van der Waals surface area (Å²) in [6.07, 6.45) is 0. The van der Waals surface area contributed by atoms with Crippen molar-refractivity contribution < 1.29 is 36.3 Å². The van der Waals surface area contributed by atoms with Gasteiger partial charge in [-0.3, -0.25) is 9.52 Å². The highest BCUT2D eigenvalue weighted by molar-refractivity contribution is 7.92. The molecule has 0 atom stereocenters. The predicted octanol–water partition coefficient (Wildman–Crippen LogP) is 3.57. The molecule has 33 heavy (non-hydrogen) atoms. The quantitative estimate of drug-likeness (QED) is 0.481. The second-order valence-corrected chi connectivity index (χ2v) is 8.26. The van der Waals surface area contributed by atoms with Gasteiger partial charge in [0.2, 0.25) is 0 Å². The van der Waals surface area contributed by atoms with Crippen molar-refractivity contribution in [2.45, 2.75) is 4.90 Å². The van der Waals surface area contributed by atoms with Crippen LogP contribution in [0.2, 0.25) is 0 Å². The molecule has 0 unspecified atom stereocenters. The average Bonchev–Trinajstić information content (AvgIpc) is 2.80. The zero-order valence-electron chi connectivity index (χ0n) is 17.2. The summed E-state index contributed by atoms with van der Waals surface area (Å²) < 4.78 is 64.4. The molecule has 0 heterocycles. The second kappa shape index (κ2) is 10.1. The number of benzene rings is 3. The molecule has 1 amide bonds. The molecular weight excluding hydrogens is 458 g/mol. The third-order valence-corrected chi connectivity index (χ3v) is 5.68. The largest absolute Gasteiger partial charge is 0.497 e. The molecule has 0 aliphatic heterocycles. The fourth-order valence-electron chi connectivity index (χ4n) is 2.70. The molecule has 8 nitrogen and oxygen atoms in total. The van der Waals surface area contributed by atoms with Crippen LogP contribution in [-0.4, -0.2) is 34.0 Å². The Morgan fingerprint density at radius 2 is 1.64 bits per heavy atom. The molecule has 0 fully saturated rings. The third-order valence-electron chi connectivity index (χ3n) is 4.30. The summed E-state index contributed by atoms with van der Waals surface area (Å²) in [5.41, 5.74) is -0.641. The molecule has 0 radical (unpaired) electrons. The van der Waals surface area contributed by atoms with Crippen LogP contribution in [0.5, 0.6) is 5.75 Å². The van der Waals surface area contributed by atoms with E-state index in [4.69, 9.17) is 9.47 Å². The minimum Gasteiger partial charge on any atom is -0.497 e. The number of anilines is 2. The van der Waals surface area contributed by atoms with Gasteiger partial charge in [0, 0.05) is 6.07 Å². The van der Waals surface area contributed by atoms with Gasteiger partial charge in [0.15, 0.2) is 6.61 Å². The van der Waals surface area contributed by atoms with Crippen LogP contribution in [0.25, 0.3) is 0 Å². The number of sulfonamides is 1. The van der Waals surface area contributed by atoms with Crippen molar-refractivity contribution in [3.05, 3.63) is 83.9 Å². The number of amides is 1. The van der Waals surface area contributed by atoms with Gasteiger partial charge >= 0.3 is 5.97 Å². The van der Waals surface area contributed by atoms with E-state index in [-0.39, 0.29) is 16.1 Å². The Labute approximate surface area is 188 Å². The van der Waals surface area contributed by atoms with Crippen molar-refractivity contribution in [1.82, 2.24) is 0 Å². The number of para-hydroxylation sites is 1. The van der Waals surface area contributed by atoms with E-state index in [1.807, 2.05) is 0 Å². The van der Waals surface area contributed by atoms with Gasteiger partial charge in [0.1, 0.15) is 17.4 Å². The Kier molecular flexibility index (Phi) is 7.23. The normalized spacial score (nSPS) is 10.9. The lowest BCUT2D eigenvalue weighted by atomic mass is 10.2. The van der Waals surface area contributed by atoms with Crippen LogP contribution < -0.4 is 14.8 Å². The second-order valence-electron chi connectivity index (χ2n) is 6.58.